The number of carbonyl (C=O) groups excluding carboxylic acids is 1. The maximum atomic E-state index is 12.0. The van der Waals surface area contributed by atoms with Gasteiger partial charge in [0.15, 0.2) is 16.6 Å². The predicted octanol–water partition coefficient (Wildman–Crippen LogP) is 2.04. The summed E-state index contributed by atoms with van der Waals surface area (Å²) >= 11 is 0. The molecule has 0 rings (SSSR count). The van der Waals surface area contributed by atoms with Crippen molar-refractivity contribution < 1.29 is 33.7 Å². The normalized spacial score (nSPS) is 17.3. The zero-order valence-electron chi connectivity index (χ0n) is 17.8. The van der Waals surface area contributed by atoms with Crippen molar-refractivity contribution in [2.75, 3.05) is 6.61 Å². The summed E-state index contributed by atoms with van der Waals surface area (Å²) < 4.78 is 17.5. The van der Waals surface area contributed by atoms with Crippen LogP contribution in [0, 0.1) is 0 Å². The van der Waals surface area contributed by atoms with Crippen LogP contribution in [0.2, 0.25) is 44.8 Å². The summed E-state index contributed by atoms with van der Waals surface area (Å²) in [7, 11) is -4.01. The molecule has 3 N–H and O–H groups in total. The van der Waals surface area contributed by atoms with E-state index in [1.165, 1.54) is 6.92 Å². The first-order valence-corrected chi connectivity index (χ1v) is 17.0. The van der Waals surface area contributed by atoms with Gasteiger partial charge < -0.3 is 28.9 Å². The van der Waals surface area contributed by atoms with Gasteiger partial charge in [0, 0.05) is 11.1 Å². The summed E-state index contributed by atoms with van der Waals surface area (Å²) in [6, 6.07) is 0. The Hall–Kier alpha value is -0.339. The fourth-order valence-corrected chi connectivity index (χ4v) is 7.36. The van der Waals surface area contributed by atoms with Gasteiger partial charge in [0.05, 0.1) is 6.61 Å². The van der Waals surface area contributed by atoms with E-state index in [1.54, 1.807) is 6.92 Å². The van der Waals surface area contributed by atoms with Crippen LogP contribution in [0.15, 0.2) is 12.2 Å². The third kappa shape index (κ3) is 9.61. The molecule has 0 aliphatic rings. The van der Waals surface area contributed by atoms with Crippen LogP contribution in [0.25, 0.3) is 0 Å². The van der Waals surface area contributed by atoms with E-state index in [2.05, 4.69) is 6.58 Å². The first-order chi connectivity index (χ1) is 12.1. The minimum absolute atomic E-state index is 0.0880. The van der Waals surface area contributed by atoms with Crippen LogP contribution in [0.3, 0.4) is 0 Å². The second-order valence-corrected chi connectivity index (χ2v) is 19.0. The van der Waals surface area contributed by atoms with E-state index in [0.717, 1.165) is 0 Å². The lowest BCUT2D eigenvalue weighted by Gasteiger charge is -2.40. The van der Waals surface area contributed by atoms with E-state index in [0.29, 0.717) is 6.42 Å². The smallest absolute Gasteiger partial charge is 0.335 e. The Morgan fingerprint density at radius 2 is 1.59 bits per heavy atom. The number of carbonyl (C=O) groups is 1. The largest absolute Gasteiger partial charge is 0.427 e. The molecule has 0 heterocycles. The molecule has 3 atom stereocenters. The highest BCUT2D eigenvalue weighted by atomic mass is 28.4. The molecule has 0 spiro atoms. The van der Waals surface area contributed by atoms with Crippen molar-refractivity contribution >= 4 is 32.1 Å². The van der Waals surface area contributed by atoms with Gasteiger partial charge in [-0.25, -0.2) is 4.79 Å². The highest BCUT2D eigenvalue weighted by molar-refractivity contribution is 6.71. The highest BCUT2D eigenvalue weighted by Crippen LogP contribution is 2.33. The first-order valence-electron chi connectivity index (χ1n) is 9.07. The van der Waals surface area contributed by atoms with Crippen molar-refractivity contribution in [3.8, 4) is 0 Å². The van der Waals surface area contributed by atoms with E-state index >= 15 is 0 Å². The standard InChI is InChI=1S/C17H36O7Si3/c1-10-14(17(21,13(19)11-18)22-15(20)12(2)3)25-16(23-26(4,5)6)24-27(7,8)9/h13-14,16,18-19,21H,2,10-11H2,1,3-9H3. The van der Waals surface area contributed by atoms with Gasteiger partial charge in [0.25, 0.3) is 0 Å². The highest BCUT2D eigenvalue weighted by Gasteiger charge is 2.48. The summed E-state index contributed by atoms with van der Waals surface area (Å²) in [4.78, 5) is 12.0. The molecule has 7 nitrogen and oxygen atoms in total. The molecule has 0 aromatic heterocycles. The minimum atomic E-state index is -2.26. The topological polar surface area (TPSA) is 105 Å². The molecular weight excluding hydrogens is 400 g/mol. The van der Waals surface area contributed by atoms with Gasteiger partial charge in [-0.1, -0.05) is 13.5 Å². The fraction of sp³-hybridized carbons (Fsp3) is 0.824. The van der Waals surface area contributed by atoms with Gasteiger partial charge in [-0.05, 0) is 52.6 Å². The number of hydrogen-bond donors (Lipinski definition) is 3. The van der Waals surface area contributed by atoms with E-state index in [1.807, 2.05) is 39.3 Å². The fourth-order valence-electron chi connectivity index (χ4n) is 2.17. The molecule has 2 radical (unpaired) electrons. The Bertz CT molecular complexity index is 486. The molecule has 3 unspecified atom stereocenters. The number of aliphatic hydroxyl groups is 3. The Morgan fingerprint density at radius 1 is 1.15 bits per heavy atom. The number of hydrogen-bond acceptors (Lipinski definition) is 7. The van der Waals surface area contributed by atoms with E-state index in [9.17, 15) is 20.1 Å². The Labute approximate surface area is 167 Å². The van der Waals surface area contributed by atoms with Crippen molar-refractivity contribution in [1.29, 1.82) is 0 Å². The van der Waals surface area contributed by atoms with Gasteiger partial charge in [0.1, 0.15) is 21.5 Å². The van der Waals surface area contributed by atoms with Crippen molar-refractivity contribution in [3.63, 3.8) is 0 Å². The lowest BCUT2D eigenvalue weighted by Crippen LogP contribution is -2.55. The van der Waals surface area contributed by atoms with Crippen LogP contribution in [0.1, 0.15) is 20.3 Å². The Morgan fingerprint density at radius 3 is 1.89 bits per heavy atom. The molecule has 0 aliphatic heterocycles. The summed E-state index contributed by atoms with van der Waals surface area (Å²) in [5, 5.41) is 30.7. The maximum Gasteiger partial charge on any atom is 0.335 e. The summed E-state index contributed by atoms with van der Waals surface area (Å²) in [5.41, 5.74) is -0.592. The molecule has 158 valence electrons. The van der Waals surface area contributed by atoms with Crippen LogP contribution < -0.4 is 0 Å². The molecule has 0 fully saturated rings. The SMILES string of the molecule is C=C(C)C(=O)OC(O)(C(O)CO)C(CC)[Si]C(O[Si](C)(C)C)O[Si](C)(C)C. The monoisotopic (exact) mass is 436 g/mol. The molecule has 0 aromatic rings. The molecule has 0 amide bonds. The molecule has 0 aliphatic carbocycles. The second kappa shape index (κ2) is 10.4. The minimum Gasteiger partial charge on any atom is -0.427 e. The van der Waals surface area contributed by atoms with E-state index in [4.69, 9.17) is 13.6 Å². The number of rotatable bonds is 12. The van der Waals surface area contributed by atoms with Crippen molar-refractivity contribution in [1.82, 2.24) is 0 Å². The van der Waals surface area contributed by atoms with Crippen LogP contribution >= 0.6 is 0 Å². The van der Waals surface area contributed by atoms with Gasteiger partial charge in [-0.3, -0.25) is 0 Å². The molecule has 0 saturated carbocycles. The summed E-state index contributed by atoms with van der Waals surface area (Å²) in [5.74, 6) is -3.67. The zero-order chi connectivity index (χ0) is 21.6. The quantitative estimate of drug-likeness (QED) is 0.186. The van der Waals surface area contributed by atoms with Crippen LogP contribution in [-0.4, -0.2) is 71.9 Å². The number of ether oxygens (including phenoxy) is 1. The van der Waals surface area contributed by atoms with Gasteiger partial charge in [0.2, 0.25) is 5.79 Å². The van der Waals surface area contributed by atoms with Crippen molar-refractivity contribution in [3.05, 3.63) is 12.2 Å². The molecule has 10 heteroatoms. The Balaban J connectivity index is 5.74. The maximum absolute atomic E-state index is 12.0. The van der Waals surface area contributed by atoms with E-state index in [-0.39, 0.29) is 15.1 Å². The van der Waals surface area contributed by atoms with Crippen LogP contribution in [0.5, 0.6) is 0 Å². The summed E-state index contributed by atoms with van der Waals surface area (Å²) in [6.07, 6.45) is -1.27. The average molecular weight is 437 g/mol. The van der Waals surface area contributed by atoms with Crippen molar-refractivity contribution in [2.24, 2.45) is 0 Å². The van der Waals surface area contributed by atoms with Crippen LogP contribution in [-0.2, 0) is 18.4 Å². The molecule has 0 bridgehead atoms. The van der Waals surface area contributed by atoms with Crippen molar-refractivity contribution in [2.45, 2.75) is 82.9 Å². The Kier molecular flexibility index (Phi) is 10.3. The third-order valence-electron chi connectivity index (χ3n) is 3.42. The first kappa shape index (κ1) is 26.7. The lowest BCUT2D eigenvalue weighted by molar-refractivity contribution is -0.253. The van der Waals surface area contributed by atoms with Gasteiger partial charge >= 0.3 is 5.97 Å². The van der Waals surface area contributed by atoms with Gasteiger partial charge in [-0.15, -0.1) is 0 Å². The second-order valence-electron chi connectivity index (χ2n) is 8.54. The zero-order valence-corrected chi connectivity index (χ0v) is 20.8. The van der Waals surface area contributed by atoms with Gasteiger partial charge in [-0.2, -0.15) is 0 Å². The molecule has 27 heavy (non-hydrogen) atoms. The predicted molar refractivity (Wildman–Crippen MR) is 111 cm³/mol. The van der Waals surface area contributed by atoms with Crippen LogP contribution in [0.4, 0.5) is 0 Å². The molecule has 0 saturated heterocycles. The van der Waals surface area contributed by atoms with E-state index < -0.39 is 52.6 Å². The molecular formula is C17H36O7Si3. The number of aliphatic hydroxyl groups excluding tert-OH is 2. The number of esters is 1. The third-order valence-corrected chi connectivity index (χ3v) is 7.47. The average Bonchev–Trinajstić information content (AvgIpc) is 2.47. The summed E-state index contributed by atoms with van der Waals surface area (Å²) in [6.45, 7) is 18.2. The molecule has 0 aromatic carbocycles. The lowest BCUT2D eigenvalue weighted by atomic mass is 10.0.